The Hall–Kier alpha value is -3.18. The highest BCUT2D eigenvalue weighted by Gasteiger charge is 2.38. The van der Waals surface area contributed by atoms with E-state index in [1.54, 1.807) is 59.6 Å². The van der Waals surface area contributed by atoms with E-state index in [0.717, 1.165) is 14.9 Å². The summed E-state index contributed by atoms with van der Waals surface area (Å²) in [6, 6.07) is 19.2. The molecule has 1 saturated heterocycles. The molecule has 176 valence electrons. The smallest absolute Gasteiger partial charge is 0.335 e. The highest BCUT2D eigenvalue weighted by molar-refractivity contribution is 8.02. The molecule has 4 rings (SSSR count). The number of sulfonamides is 1. The number of hydrogen-bond donors (Lipinski definition) is 2. The summed E-state index contributed by atoms with van der Waals surface area (Å²) in [5, 5.41) is 10.5. The number of carboxylic acids is 1. The number of hydrazine groups is 1. The van der Waals surface area contributed by atoms with Crippen LogP contribution in [-0.2, 0) is 23.2 Å². The SMILES string of the molecule is O=C(O)c1ccc(COc2ccc(/C=C3/CN(Cc4ccc(F)cc4)N(S)S3(=O)=O)cc2)cc1. The van der Waals surface area contributed by atoms with Gasteiger partial charge in [-0.3, -0.25) is 0 Å². The Morgan fingerprint density at radius 2 is 1.62 bits per heavy atom. The van der Waals surface area contributed by atoms with Gasteiger partial charge in [0.05, 0.1) is 17.0 Å². The van der Waals surface area contributed by atoms with Crippen LogP contribution in [0.4, 0.5) is 4.39 Å². The quantitative estimate of drug-likeness (QED) is 0.469. The van der Waals surface area contributed by atoms with Gasteiger partial charge in [-0.2, -0.15) is 0 Å². The number of carbonyl (C=O) groups is 1. The van der Waals surface area contributed by atoms with Gasteiger partial charge in [0, 0.05) is 6.54 Å². The first-order valence-electron chi connectivity index (χ1n) is 10.2. The number of aromatic carboxylic acids is 1. The van der Waals surface area contributed by atoms with Gasteiger partial charge in [-0.05, 0) is 59.2 Å². The van der Waals surface area contributed by atoms with Crippen molar-refractivity contribution in [3.63, 3.8) is 0 Å². The standard InChI is InChI=1S/C24H21FN2O5S2/c25-21-9-3-18(4-10-21)14-26-15-23(34(30,31)27(26)33)13-17-5-11-22(12-6-17)32-16-19-1-7-20(8-2-19)24(28)29/h1-13,33H,14-16H2,(H,28,29)/b23-13-. The Bertz CT molecular complexity index is 1310. The lowest BCUT2D eigenvalue weighted by atomic mass is 10.1. The fourth-order valence-electron chi connectivity index (χ4n) is 3.37. The van der Waals surface area contributed by atoms with Gasteiger partial charge in [-0.1, -0.05) is 53.0 Å². The molecule has 1 fully saturated rings. The highest BCUT2D eigenvalue weighted by atomic mass is 32.3. The number of halogens is 1. The molecular weight excluding hydrogens is 479 g/mol. The van der Waals surface area contributed by atoms with E-state index in [1.807, 2.05) is 0 Å². The van der Waals surface area contributed by atoms with Crippen LogP contribution in [-0.4, -0.2) is 34.9 Å². The molecule has 0 bridgehead atoms. The molecule has 3 aromatic rings. The third-order valence-electron chi connectivity index (χ3n) is 5.22. The lowest BCUT2D eigenvalue weighted by Gasteiger charge is -2.19. The third kappa shape index (κ3) is 5.48. The van der Waals surface area contributed by atoms with Crippen molar-refractivity contribution in [2.75, 3.05) is 6.54 Å². The van der Waals surface area contributed by atoms with Crippen LogP contribution in [0.2, 0.25) is 0 Å². The van der Waals surface area contributed by atoms with Crippen LogP contribution in [0.15, 0.2) is 77.7 Å². The normalized spacial score (nSPS) is 17.2. The second kappa shape index (κ2) is 9.98. The lowest BCUT2D eigenvalue weighted by molar-refractivity contribution is 0.0696. The van der Waals surface area contributed by atoms with Gasteiger partial charge >= 0.3 is 5.97 Å². The van der Waals surface area contributed by atoms with Crippen LogP contribution in [0, 0.1) is 5.82 Å². The Balaban J connectivity index is 1.41. The summed E-state index contributed by atoms with van der Waals surface area (Å²) in [4.78, 5) is 11.1. The fourth-order valence-corrected chi connectivity index (χ4v) is 5.04. The number of thiol groups is 1. The molecule has 7 nitrogen and oxygen atoms in total. The fraction of sp³-hybridized carbons (Fsp3) is 0.125. The van der Waals surface area contributed by atoms with E-state index in [1.165, 1.54) is 24.3 Å². The second-order valence-corrected chi connectivity index (χ2v) is 10.1. The van der Waals surface area contributed by atoms with E-state index in [9.17, 15) is 17.6 Å². The molecule has 1 aliphatic heterocycles. The van der Waals surface area contributed by atoms with Gasteiger partial charge in [0.2, 0.25) is 0 Å². The van der Waals surface area contributed by atoms with Crippen molar-refractivity contribution in [2.24, 2.45) is 0 Å². The van der Waals surface area contributed by atoms with Crippen molar-refractivity contribution in [3.8, 4) is 5.75 Å². The summed E-state index contributed by atoms with van der Waals surface area (Å²) in [6.45, 7) is 0.663. The van der Waals surface area contributed by atoms with E-state index < -0.39 is 16.0 Å². The first-order chi connectivity index (χ1) is 16.2. The van der Waals surface area contributed by atoms with Crippen molar-refractivity contribution in [3.05, 3.63) is 106 Å². The van der Waals surface area contributed by atoms with E-state index >= 15 is 0 Å². The zero-order chi connectivity index (χ0) is 24.3. The molecule has 10 heteroatoms. The molecule has 0 aliphatic carbocycles. The summed E-state index contributed by atoms with van der Waals surface area (Å²) in [5.41, 5.74) is 2.47. The minimum atomic E-state index is -3.77. The lowest BCUT2D eigenvalue weighted by Crippen LogP contribution is -2.30. The topological polar surface area (TPSA) is 87.2 Å². The predicted octanol–water partition coefficient (Wildman–Crippen LogP) is 4.35. The van der Waals surface area contributed by atoms with E-state index in [0.29, 0.717) is 11.3 Å². The zero-order valence-electron chi connectivity index (χ0n) is 17.8. The molecule has 34 heavy (non-hydrogen) atoms. The highest BCUT2D eigenvalue weighted by Crippen LogP contribution is 2.31. The molecule has 0 atom stereocenters. The largest absolute Gasteiger partial charge is 0.489 e. The number of ether oxygens (including phenoxy) is 1. The number of rotatable bonds is 7. The molecular formula is C24H21FN2O5S2. The number of nitrogens with zero attached hydrogens (tertiary/aromatic N) is 2. The maximum atomic E-state index is 13.1. The van der Waals surface area contributed by atoms with Crippen molar-refractivity contribution in [1.82, 2.24) is 8.83 Å². The molecule has 0 saturated carbocycles. The Labute approximate surface area is 202 Å². The predicted molar refractivity (Wildman–Crippen MR) is 129 cm³/mol. The molecule has 1 aliphatic rings. The average Bonchev–Trinajstić information content (AvgIpc) is 3.03. The van der Waals surface area contributed by atoms with Crippen LogP contribution < -0.4 is 4.74 Å². The van der Waals surface area contributed by atoms with E-state index in [-0.39, 0.29) is 36.0 Å². The van der Waals surface area contributed by atoms with Gasteiger partial charge in [0.15, 0.2) is 0 Å². The first-order valence-corrected chi connectivity index (χ1v) is 12.1. The van der Waals surface area contributed by atoms with Crippen molar-refractivity contribution < 1.29 is 27.4 Å². The summed E-state index contributed by atoms with van der Waals surface area (Å²) in [6.07, 6.45) is 1.58. The maximum absolute atomic E-state index is 13.1. The molecule has 3 aromatic carbocycles. The van der Waals surface area contributed by atoms with Crippen molar-refractivity contribution in [2.45, 2.75) is 13.2 Å². The average molecular weight is 501 g/mol. The summed E-state index contributed by atoms with van der Waals surface area (Å²) in [5.74, 6) is -0.752. The van der Waals surface area contributed by atoms with Gasteiger partial charge in [0.1, 0.15) is 18.2 Å². The Morgan fingerprint density at radius 3 is 2.24 bits per heavy atom. The van der Waals surface area contributed by atoms with Crippen molar-refractivity contribution in [1.29, 1.82) is 0 Å². The summed E-state index contributed by atoms with van der Waals surface area (Å²) in [7, 11) is -3.77. The Kier molecular flexibility index (Phi) is 7.03. The van der Waals surface area contributed by atoms with Crippen molar-refractivity contribution >= 4 is 34.9 Å². The number of benzene rings is 3. The third-order valence-corrected chi connectivity index (χ3v) is 7.69. The Morgan fingerprint density at radius 1 is 1.00 bits per heavy atom. The molecule has 0 spiro atoms. The van der Waals surface area contributed by atoms with Gasteiger partial charge in [0.25, 0.3) is 10.0 Å². The molecule has 0 unspecified atom stereocenters. The summed E-state index contributed by atoms with van der Waals surface area (Å²) >= 11 is 4.14. The molecule has 1 N–H and O–H groups in total. The number of carboxylic acid groups (broad SMARTS) is 1. The van der Waals surface area contributed by atoms with Gasteiger partial charge in [-0.15, -0.1) is 0 Å². The molecule has 0 aromatic heterocycles. The van der Waals surface area contributed by atoms with Crippen LogP contribution in [0.25, 0.3) is 6.08 Å². The van der Waals surface area contributed by atoms with Gasteiger partial charge in [-0.25, -0.2) is 22.6 Å². The first kappa shape index (κ1) is 24.0. The summed E-state index contributed by atoms with van der Waals surface area (Å²) < 4.78 is 45.3. The van der Waals surface area contributed by atoms with E-state index in [4.69, 9.17) is 9.84 Å². The zero-order valence-corrected chi connectivity index (χ0v) is 19.5. The second-order valence-electron chi connectivity index (χ2n) is 7.65. The minimum absolute atomic E-state index is 0.133. The van der Waals surface area contributed by atoms with Crippen LogP contribution in [0.5, 0.6) is 5.75 Å². The van der Waals surface area contributed by atoms with E-state index in [2.05, 4.69) is 12.8 Å². The molecule has 1 heterocycles. The van der Waals surface area contributed by atoms with Crippen LogP contribution in [0.3, 0.4) is 0 Å². The monoisotopic (exact) mass is 500 g/mol. The van der Waals surface area contributed by atoms with Gasteiger partial charge < -0.3 is 9.84 Å². The molecule has 0 radical (unpaired) electrons. The number of hydrogen-bond acceptors (Lipinski definition) is 6. The maximum Gasteiger partial charge on any atom is 0.335 e. The molecule has 0 amide bonds. The minimum Gasteiger partial charge on any atom is -0.489 e. The van der Waals surface area contributed by atoms with Crippen LogP contribution in [0.1, 0.15) is 27.0 Å². The van der Waals surface area contributed by atoms with Crippen LogP contribution >= 0.6 is 12.8 Å².